The fraction of sp³-hybridized carbons (Fsp3) is 0.263. The summed E-state index contributed by atoms with van der Waals surface area (Å²) in [6, 6.07) is 12.3. The first-order valence-corrected chi connectivity index (χ1v) is 8.97. The number of fused-ring (bicyclic) bond motifs is 1. The van der Waals surface area contributed by atoms with Crippen LogP contribution in [0.2, 0.25) is 0 Å². The van der Waals surface area contributed by atoms with Crippen LogP contribution >= 0.6 is 15.9 Å². The SMILES string of the molecule is CCCCOc1ccc(-c2c(CBr)ncc3ccccc23)cn1. The molecule has 0 saturated heterocycles. The van der Waals surface area contributed by atoms with Crippen molar-refractivity contribution in [1.29, 1.82) is 0 Å². The highest BCUT2D eigenvalue weighted by Gasteiger charge is 2.11. The second-order valence-electron chi connectivity index (χ2n) is 5.39. The molecule has 2 heterocycles. The number of aromatic nitrogens is 2. The Balaban J connectivity index is 1.99. The molecule has 0 aliphatic rings. The van der Waals surface area contributed by atoms with E-state index >= 15 is 0 Å². The van der Waals surface area contributed by atoms with Crippen molar-refractivity contribution in [2.45, 2.75) is 25.1 Å². The van der Waals surface area contributed by atoms with Gasteiger partial charge in [-0.05, 0) is 17.9 Å². The minimum Gasteiger partial charge on any atom is -0.478 e. The number of ether oxygens (including phenoxy) is 1. The zero-order valence-corrected chi connectivity index (χ0v) is 14.7. The number of hydrogen-bond acceptors (Lipinski definition) is 3. The fourth-order valence-electron chi connectivity index (χ4n) is 2.56. The zero-order chi connectivity index (χ0) is 16.1. The average Bonchev–Trinajstić information content (AvgIpc) is 2.61. The van der Waals surface area contributed by atoms with E-state index in [0.29, 0.717) is 17.8 Å². The maximum absolute atomic E-state index is 5.65. The van der Waals surface area contributed by atoms with Crippen LogP contribution in [0.5, 0.6) is 5.88 Å². The largest absolute Gasteiger partial charge is 0.478 e. The van der Waals surface area contributed by atoms with Crippen molar-refractivity contribution >= 4 is 26.7 Å². The Morgan fingerprint density at radius 1 is 1.04 bits per heavy atom. The van der Waals surface area contributed by atoms with Crippen molar-refractivity contribution < 1.29 is 4.74 Å². The smallest absolute Gasteiger partial charge is 0.213 e. The standard InChI is InChI=1S/C19H19BrN2O/c1-2-3-10-23-18-9-8-15(13-22-18)19-16-7-5-4-6-14(16)12-21-17(19)11-20/h4-9,12-13H,2-3,10-11H2,1H3. The molecule has 23 heavy (non-hydrogen) atoms. The van der Waals surface area contributed by atoms with Crippen molar-refractivity contribution in [1.82, 2.24) is 9.97 Å². The lowest BCUT2D eigenvalue weighted by Crippen LogP contribution is -1.99. The Hall–Kier alpha value is -1.94. The van der Waals surface area contributed by atoms with Gasteiger partial charge in [-0.15, -0.1) is 0 Å². The third-order valence-electron chi connectivity index (χ3n) is 3.78. The van der Waals surface area contributed by atoms with Crippen LogP contribution in [-0.4, -0.2) is 16.6 Å². The number of rotatable bonds is 6. The second-order valence-corrected chi connectivity index (χ2v) is 5.95. The molecule has 0 radical (unpaired) electrons. The quantitative estimate of drug-likeness (QED) is 0.432. The molecular weight excluding hydrogens is 352 g/mol. The summed E-state index contributed by atoms with van der Waals surface area (Å²) in [6.07, 6.45) is 5.96. The van der Waals surface area contributed by atoms with Crippen LogP contribution in [0.15, 0.2) is 48.8 Å². The van der Waals surface area contributed by atoms with Crippen LogP contribution in [-0.2, 0) is 5.33 Å². The molecule has 0 spiro atoms. The van der Waals surface area contributed by atoms with Gasteiger partial charge in [0.2, 0.25) is 5.88 Å². The summed E-state index contributed by atoms with van der Waals surface area (Å²) in [6.45, 7) is 2.86. The summed E-state index contributed by atoms with van der Waals surface area (Å²) in [5.41, 5.74) is 3.21. The predicted molar refractivity (Wildman–Crippen MR) is 98.0 cm³/mol. The van der Waals surface area contributed by atoms with E-state index in [1.165, 1.54) is 5.39 Å². The van der Waals surface area contributed by atoms with Crippen molar-refractivity contribution in [3.05, 3.63) is 54.5 Å². The van der Waals surface area contributed by atoms with Crippen LogP contribution in [0.25, 0.3) is 21.9 Å². The summed E-state index contributed by atoms with van der Waals surface area (Å²) < 4.78 is 5.65. The second kappa shape index (κ2) is 7.55. The van der Waals surface area contributed by atoms with Crippen LogP contribution in [0.1, 0.15) is 25.5 Å². The van der Waals surface area contributed by atoms with Gasteiger partial charge >= 0.3 is 0 Å². The minimum atomic E-state index is 0.677. The molecule has 118 valence electrons. The number of nitrogens with zero attached hydrogens (tertiary/aromatic N) is 2. The molecule has 0 aliphatic carbocycles. The van der Waals surface area contributed by atoms with Gasteiger partial charge in [-0.2, -0.15) is 0 Å². The molecule has 4 heteroatoms. The number of alkyl halides is 1. The van der Waals surface area contributed by atoms with Gasteiger partial charge in [-0.25, -0.2) is 4.98 Å². The van der Waals surface area contributed by atoms with Gasteiger partial charge in [-0.3, -0.25) is 4.98 Å². The van der Waals surface area contributed by atoms with Gasteiger partial charge in [0.25, 0.3) is 0 Å². The Morgan fingerprint density at radius 2 is 1.91 bits per heavy atom. The molecule has 0 N–H and O–H groups in total. The number of benzene rings is 1. The molecule has 0 atom stereocenters. The van der Waals surface area contributed by atoms with Crippen LogP contribution in [0.3, 0.4) is 0 Å². The van der Waals surface area contributed by atoms with E-state index < -0.39 is 0 Å². The molecule has 0 bridgehead atoms. The molecule has 3 nitrogen and oxygen atoms in total. The normalized spacial score (nSPS) is 10.9. The third kappa shape index (κ3) is 3.53. The molecule has 0 saturated carbocycles. The highest BCUT2D eigenvalue weighted by atomic mass is 79.9. The van der Waals surface area contributed by atoms with Crippen LogP contribution in [0, 0.1) is 0 Å². The van der Waals surface area contributed by atoms with Gasteiger partial charge in [0, 0.05) is 40.3 Å². The van der Waals surface area contributed by atoms with Crippen LogP contribution in [0.4, 0.5) is 0 Å². The third-order valence-corrected chi connectivity index (χ3v) is 4.31. The zero-order valence-electron chi connectivity index (χ0n) is 13.1. The molecule has 3 rings (SSSR count). The summed E-state index contributed by atoms with van der Waals surface area (Å²) in [5, 5.41) is 3.04. The maximum Gasteiger partial charge on any atom is 0.213 e. The number of unbranched alkanes of at least 4 members (excludes halogenated alkanes) is 1. The maximum atomic E-state index is 5.65. The van der Waals surface area contributed by atoms with E-state index in [4.69, 9.17) is 4.74 Å². The number of halogens is 1. The van der Waals surface area contributed by atoms with Gasteiger partial charge in [-0.1, -0.05) is 53.5 Å². The summed E-state index contributed by atoms with van der Waals surface area (Å²) in [7, 11) is 0. The molecule has 1 aromatic carbocycles. The van der Waals surface area contributed by atoms with Crippen LogP contribution < -0.4 is 4.74 Å². The highest BCUT2D eigenvalue weighted by Crippen LogP contribution is 2.32. The Bertz CT molecular complexity index is 787. The topological polar surface area (TPSA) is 35.0 Å². The Morgan fingerprint density at radius 3 is 2.65 bits per heavy atom. The molecule has 0 unspecified atom stereocenters. The van der Waals surface area contributed by atoms with E-state index in [9.17, 15) is 0 Å². The van der Waals surface area contributed by atoms with Crippen molar-refractivity contribution in [2.24, 2.45) is 0 Å². The van der Waals surface area contributed by atoms with Gasteiger partial charge in [0.15, 0.2) is 0 Å². The summed E-state index contributed by atoms with van der Waals surface area (Å²) >= 11 is 3.54. The predicted octanol–water partition coefficient (Wildman–Crippen LogP) is 5.37. The highest BCUT2D eigenvalue weighted by molar-refractivity contribution is 9.08. The van der Waals surface area contributed by atoms with Gasteiger partial charge in [0.1, 0.15) is 0 Å². The van der Waals surface area contributed by atoms with E-state index in [1.807, 2.05) is 24.5 Å². The first-order chi connectivity index (χ1) is 11.3. The van der Waals surface area contributed by atoms with Crippen molar-refractivity contribution in [2.75, 3.05) is 6.61 Å². The van der Waals surface area contributed by atoms with Crippen molar-refractivity contribution in [3.8, 4) is 17.0 Å². The monoisotopic (exact) mass is 370 g/mol. The fourth-order valence-corrected chi connectivity index (χ4v) is 2.99. The Labute approximate surface area is 144 Å². The number of pyridine rings is 2. The Kier molecular flexibility index (Phi) is 5.23. The molecule has 0 aliphatic heterocycles. The summed E-state index contributed by atoms with van der Waals surface area (Å²) in [5.74, 6) is 0.677. The molecule has 3 aromatic rings. The lowest BCUT2D eigenvalue weighted by atomic mass is 9.99. The van der Waals surface area contributed by atoms with E-state index in [-0.39, 0.29) is 0 Å². The van der Waals surface area contributed by atoms with E-state index in [2.05, 4.69) is 57.1 Å². The molecule has 0 amide bonds. The molecule has 0 fully saturated rings. The lowest BCUT2D eigenvalue weighted by Gasteiger charge is -2.11. The summed E-state index contributed by atoms with van der Waals surface area (Å²) in [4.78, 5) is 9.02. The first-order valence-electron chi connectivity index (χ1n) is 7.85. The first kappa shape index (κ1) is 15.9. The average molecular weight is 371 g/mol. The lowest BCUT2D eigenvalue weighted by molar-refractivity contribution is 0.298. The van der Waals surface area contributed by atoms with Gasteiger partial charge < -0.3 is 4.74 Å². The van der Waals surface area contributed by atoms with E-state index in [0.717, 1.165) is 35.0 Å². The van der Waals surface area contributed by atoms with E-state index in [1.54, 1.807) is 0 Å². The molecular formula is C19H19BrN2O. The number of hydrogen-bond donors (Lipinski definition) is 0. The minimum absolute atomic E-state index is 0.677. The molecule has 2 aromatic heterocycles. The van der Waals surface area contributed by atoms with Gasteiger partial charge in [0.05, 0.1) is 12.3 Å². The van der Waals surface area contributed by atoms with Crippen molar-refractivity contribution in [3.63, 3.8) is 0 Å².